The monoisotopic (exact) mass is 418 g/mol. The van der Waals surface area contributed by atoms with E-state index in [1.165, 1.54) is 18.7 Å². The predicted octanol–water partition coefficient (Wildman–Crippen LogP) is 5.18. The van der Waals surface area contributed by atoms with Crippen molar-refractivity contribution >= 4 is 40.7 Å². The summed E-state index contributed by atoms with van der Waals surface area (Å²) in [7, 11) is 0. The van der Waals surface area contributed by atoms with Crippen LogP contribution in [0, 0.1) is 6.92 Å². The molecule has 3 rings (SSSR count). The van der Waals surface area contributed by atoms with E-state index in [1.807, 2.05) is 37.3 Å². The first kappa shape index (κ1) is 21.3. The summed E-state index contributed by atoms with van der Waals surface area (Å²) in [5, 5.41) is 5.66. The number of nitrogens with one attached hydrogen (secondary N) is 2. The van der Waals surface area contributed by atoms with Gasteiger partial charge in [-0.3, -0.25) is 14.4 Å². The molecule has 0 unspecified atom stereocenters. The van der Waals surface area contributed by atoms with Gasteiger partial charge in [0.15, 0.2) is 5.78 Å². The predicted molar refractivity (Wildman–Crippen MR) is 121 cm³/mol. The van der Waals surface area contributed by atoms with Crippen molar-refractivity contribution in [2.24, 2.45) is 0 Å². The van der Waals surface area contributed by atoms with Crippen LogP contribution in [0.1, 0.15) is 33.2 Å². The van der Waals surface area contributed by atoms with Gasteiger partial charge in [0.25, 0.3) is 5.91 Å². The lowest BCUT2D eigenvalue weighted by molar-refractivity contribution is -0.113. The Morgan fingerprint density at radius 2 is 1.43 bits per heavy atom. The minimum Gasteiger partial charge on any atom is -0.325 e. The lowest BCUT2D eigenvalue weighted by Gasteiger charge is -2.12. The normalized spacial score (nSPS) is 10.3. The van der Waals surface area contributed by atoms with Crippen LogP contribution >= 0.6 is 11.8 Å². The summed E-state index contributed by atoms with van der Waals surface area (Å²) >= 11 is 1.29. The first-order chi connectivity index (χ1) is 14.4. The highest BCUT2D eigenvalue weighted by molar-refractivity contribution is 8.00. The molecule has 0 fully saturated rings. The molecular formula is C24H22N2O3S. The third kappa shape index (κ3) is 5.58. The SMILES string of the molecule is CC(=O)c1ccccc1NC(=O)c1ccccc1SCC(=O)Nc1ccc(C)cc1. The van der Waals surface area contributed by atoms with Gasteiger partial charge in [-0.25, -0.2) is 0 Å². The van der Waals surface area contributed by atoms with Crippen LogP contribution in [0.5, 0.6) is 0 Å². The van der Waals surface area contributed by atoms with Gasteiger partial charge >= 0.3 is 0 Å². The number of rotatable bonds is 7. The first-order valence-electron chi connectivity index (χ1n) is 9.43. The molecule has 0 bridgehead atoms. The molecule has 0 aliphatic heterocycles. The van der Waals surface area contributed by atoms with Crippen molar-refractivity contribution < 1.29 is 14.4 Å². The fourth-order valence-corrected chi connectivity index (χ4v) is 3.70. The summed E-state index contributed by atoms with van der Waals surface area (Å²) in [6.07, 6.45) is 0. The molecule has 0 spiro atoms. The van der Waals surface area contributed by atoms with E-state index in [1.54, 1.807) is 42.5 Å². The number of thioether (sulfide) groups is 1. The number of hydrogen-bond donors (Lipinski definition) is 2. The average Bonchev–Trinajstić information content (AvgIpc) is 2.74. The van der Waals surface area contributed by atoms with Gasteiger partial charge < -0.3 is 10.6 Å². The number of hydrogen-bond acceptors (Lipinski definition) is 4. The van der Waals surface area contributed by atoms with E-state index in [0.717, 1.165) is 11.3 Å². The molecule has 2 N–H and O–H groups in total. The van der Waals surface area contributed by atoms with Crippen LogP contribution in [0.4, 0.5) is 11.4 Å². The van der Waals surface area contributed by atoms with Crippen LogP contribution in [-0.4, -0.2) is 23.4 Å². The molecule has 5 nitrogen and oxygen atoms in total. The zero-order valence-corrected chi connectivity index (χ0v) is 17.6. The van der Waals surface area contributed by atoms with Crippen molar-refractivity contribution in [1.29, 1.82) is 0 Å². The second-order valence-electron chi connectivity index (χ2n) is 6.75. The highest BCUT2D eigenvalue weighted by atomic mass is 32.2. The smallest absolute Gasteiger partial charge is 0.256 e. The van der Waals surface area contributed by atoms with Crippen molar-refractivity contribution in [2.75, 3.05) is 16.4 Å². The van der Waals surface area contributed by atoms with Gasteiger partial charge in [0.1, 0.15) is 0 Å². The zero-order valence-electron chi connectivity index (χ0n) is 16.8. The maximum atomic E-state index is 12.8. The highest BCUT2D eigenvalue weighted by Gasteiger charge is 2.15. The number of carbonyl (C=O) groups excluding carboxylic acids is 3. The van der Waals surface area contributed by atoms with Crippen LogP contribution in [0.15, 0.2) is 77.7 Å². The van der Waals surface area contributed by atoms with Crippen molar-refractivity contribution in [3.63, 3.8) is 0 Å². The number of ketones is 1. The van der Waals surface area contributed by atoms with E-state index in [9.17, 15) is 14.4 Å². The first-order valence-corrected chi connectivity index (χ1v) is 10.4. The summed E-state index contributed by atoms with van der Waals surface area (Å²) in [5.41, 5.74) is 3.22. The van der Waals surface area contributed by atoms with Gasteiger partial charge in [0, 0.05) is 16.1 Å². The summed E-state index contributed by atoms with van der Waals surface area (Å²) in [4.78, 5) is 37.6. The summed E-state index contributed by atoms with van der Waals surface area (Å²) in [5.74, 6) is -0.435. The molecule has 3 aromatic carbocycles. The summed E-state index contributed by atoms with van der Waals surface area (Å²) < 4.78 is 0. The Bertz CT molecular complexity index is 1080. The fraction of sp³-hybridized carbons (Fsp3) is 0.125. The van der Waals surface area contributed by atoms with Gasteiger partial charge in [-0.1, -0.05) is 42.0 Å². The number of anilines is 2. The number of para-hydroxylation sites is 1. The van der Waals surface area contributed by atoms with E-state index in [4.69, 9.17) is 0 Å². The lowest BCUT2D eigenvalue weighted by Crippen LogP contribution is -2.16. The Balaban J connectivity index is 1.68. The molecule has 0 heterocycles. The fourth-order valence-electron chi connectivity index (χ4n) is 2.85. The molecule has 6 heteroatoms. The molecule has 0 radical (unpaired) electrons. The lowest BCUT2D eigenvalue weighted by atomic mass is 10.1. The minimum absolute atomic E-state index is 0.124. The second kappa shape index (κ2) is 9.89. The Morgan fingerprint density at radius 1 is 0.800 bits per heavy atom. The maximum Gasteiger partial charge on any atom is 0.256 e. The van der Waals surface area contributed by atoms with E-state index < -0.39 is 0 Å². The number of benzene rings is 3. The van der Waals surface area contributed by atoms with Gasteiger partial charge in [-0.2, -0.15) is 0 Å². The number of carbonyl (C=O) groups is 3. The topological polar surface area (TPSA) is 75.3 Å². The third-order valence-electron chi connectivity index (χ3n) is 4.38. The molecular weight excluding hydrogens is 396 g/mol. The summed E-state index contributed by atoms with van der Waals surface area (Å²) in [6.45, 7) is 3.44. The Hall–Kier alpha value is -3.38. The third-order valence-corrected chi connectivity index (χ3v) is 5.45. The Labute approximate surface area is 179 Å². The quantitative estimate of drug-likeness (QED) is 0.409. The molecule has 0 saturated heterocycles. The van der Waals surface area contributed by atoms with Gasteiger partial charge in [-0.05, 0) is 50.2 Å². The Morgan fingerprint density at radius 3 is 2.13 bits per heavy atom. The number of amides is 2. The van der Waals surface area contributed by atoms with Crippen LogP contribution in [0.3, 0.4) is 0 Å². The number of aryl methyl sites for hydroxylation is 1. The van der Waals surface area contributed by atoms with Crippen LogP contribution in [0.25, 0.3) is 0 Å². The van der Waals surface area contributed by atoms with Gasteiger partial charge in [0.2, 0.25) is 5.91 Å². The zero-order chi connectivity index (χ0) is 21.5. The van der Waals surface area contributed by atoms with E-state index >= 15 is 0 Å². The highest BCUT2D eigenvalue weighted by Crippen LogP contribution is 2.25. The average molecular weight is 419 g/mol. The van der Waals surface area contributed by atoms with E-state index in [0.29, 0.717) is 21.7 Å². The molecule has 0 aliphatic carbocycles. The van der Waals surface area contributed by atoms with E-state index in [-0.39, 0.29) is 23.4 Å². The van der Waals surface area contributed by atoms with Crippen LogP contribution in [-0.2, 0) is 4.79 Å². The van der Waals surface area contributed by atoms with Gasteiger partial charge in [-0.15, -0.1) is 11.8 Å². The maximum absolute atomic E-state index is 12.8. The van der Waals surface area contributed by atoms with Crippen LogP contribution < -0.4 is 10.6 Å². The van der Waals surface area contributed by atoms with Crippen molar-refractivity contribution in [3.8, 4) is 0 Å². The van der Waals surface area contributed by atoms with Crippen molar-refractivity contribution in [2.45, 2.75) is 18.7 Å². The molecule has 152 valence electrons. The molecule has 0 saturated carbocycles. The Kier molecular flexibility index (Phi) is 7.03. The standard InChI is InChI=1S/C24H22N2O3S/c1-16-11-13-18(14-12-16)25-23(28)15-30-22-10-6-4-8-20(22)24(29)26-21-9-5-3-7-19(21)17(2)27/h3-14H,15H2,1-2H3,(H,25,28)(H,26,29). The van der Waals surface area contributed by atoms with Crippen molar-refractivity contribution in [3.05, 3.63) is 89.5 Å². The van der Waals surface area contributed by atoms with Crippen LogP contribution in [0.2, 0.25) is 0 Å². The molecule has 30 heavy (non-hydrogen) atoms. The molecule has 3 aromatic rings. The summed E-state index contributed by atoms with van der Waals surface area (Å²) in [6, 6.07) is 21.5. The van der Waals surface area contributed by atoms with Gasteiger partial charge in [0.05, 0.1) is 17.0 Å². The molecule has 0 atom stereocenters. The largest absolute Gasteiger partial charge is 0.325 e. The van der Waals surface area contributed by atoms with E-state index in [2.05, 4.69) is 10.6 Å². The molecule has 0 aromatic heterocycles. The number of Topliss-reactive ketones (excluding diaryl/α,β-unsaturated/α-hetero) is 1. The second-order valence-corrected chi connectivity index (χ2v) is 7.77. The van der Waals surface area contributed by atoms with Crippen molar-refractivity contribution in [1.82, 2.24) is 0 Å². The minimum atomic E-state index is -0.328. The molecule has 0 aliphatic rings. The molecule has 2 amide bonds.